The number of carbonyl (C=O) groups excluding carboxylic acids is 2. The zero-order valence-corrected chi connectivity index (χ0v) is 19.8. The lowest BCUT2D eigenvalue weighted by molar-refractivity contribution is -0.122. The Hall–Kier alpha value is -1.96. The number of thioether (sulfide) groups is 1. The number of nitrogens with zero attached hydrogens (tertiary/aromatic N) is 1. The third-order valence-corrected chi connectivity index (χ3v) is 6.15. The van der Waals surface area contributed by atoms with Crippen LogP contribution in [0.5, 0.6) is 11.5 Å². The molecule has 1 fully saturated rings. The highest BCUT2D eigenvalue weighted by atomic mass is 79.9. The third-order valence-electron chi connectivity index (χ3n) is 4.28. The highest BCUT2D eigenvalue weighted by Gasteiger charge is 2.34. The Morgan fingerprint density at radius 2 is 1.93 bits per heavy atom. The molecule has 0 atom stereocenters. The van der Waals surface area contributed by atoms with E-state index in [1.54, 1.807) is 12.1 Å². The van der Waals surface area contributed by atoms with Crippen molar-refractivity contribution in [2.75, 3.05) is 13.2 Å². The molecule has 158 valence electrons. The molecule has 2 amide bonds. The quantitative estimate of drug-likeness (QED) is 0.378. The van der Waals surface area contributed by atoms with E-state index in [9.17, 15) is 9.59 Å². The summed E-state index contributed by atoms with van der Waals surface area (Å²) in [7, 11) is 0. The number of ether oxygens (including phenoxy) is 2. The van der Waals surface area contributed by atoms with Crippen molar-refractivity contribution in [1.29, 1.82) is 0 Å². The van der Waals surface area contributed by atoms with Crippen molar-refractivity contribution in [2.45, 2.75) is 26.9 Å². The van der Waals surface area contributed by atoms with E-state index < -0.39 is 0 Å². The summed E-state index contributed by atoms with van der Waals surface area (Å²) in [6, 6.07) is 11.1. The third kappa shape index (κ3) is 5.20. The molecule has 0 radical (unpaired) electrons. The van der Waals surface area contributed by atoms with Gasteiger partial charge in [0, 0.05) is 17.1 Å². The van der Waals surface area contributed by atoms with Crippen molar-refractivity contribution in [3.63, 3.8) is 0 Å². The average molecular weight is 511 g/mol. The van der Waals surface area contributed by atoms with Crippen LogP contribution in [0.25, 0.3) is 6.08 Å². The first-order valence-corrected chi connectivity index (χ1v) is 11.5. The Bertz CT molecular complexity index is 995. The van der Waals surface area contributed by atoms with Gasteiger partial charge in [-0.05, 0) is 70.9 Å². The predicted molar refractivity (Wildman–Crippen MR) is 124 cm³/mol. The number of halogens is 2. The van der Waals surface area contributed by atoms with E-state index in [0.717, 1.165) is 29.3 Å². The van der Waals surface area contributed by atoms with Crippen LogP contribution in [0.4, 0.5) is 4.79 Å². The summed E-state index contributed by atoms with van der Waals surface area (Å²) >= 11 is 10.7. The standard InChI is InChI=1S/C22H21BrClNO4S/c1-3-9-25-21(26)19(30-22(25)27)12-14-10-16(23)20(18(11-14)28-4-2)29-13-15-7-5-6-8-17(15)24/h5-8,10-12H,3-4,9,13H2,1-2H3/b19-12+. The van der Waals surface area contributed by atoms with Crippen LogP contribution >= 0.6 is 39.3 Å². The molecule has 1 aliphatic rings. The molecule has 0 unspecified atom stereocenters. The smallest absolute Gasteiger partial charge is 0.293 e. The van der Waals surface area contributed by atoms with Crippen LogP contribution in [0.3, 0.4) is 0 Å². The average Bonchev–Trinajstić information content (AvgIpc) is 2.96. The van der Waals surface area contributed by atoms with Gasteiger partial charge in [0.2, 0.25) is 0 Å². The Balaban J connectivity index is 1.87. The molecule has 1 aliphatic heterocycles. The SMILES string of the molecule is CCCN1C(=O)S/C(=C/c2cc(Br)c(OCc3ccccc3Cl)c(OCC)c2)C1=O. The number of hydrogen-bond acceptors (Lipinski definition) is 5. The highest BCUT2D eigenvalue weighted by Crippen LogP contribution is 2.40. The van der Waals surface area contributed by atoms with Gasteiger partial charge in [-0.25, -0.2) is 0 Å². The van der Waals surface area contributed by atoms with Gasteiger partial charge in [-0.15, -0.1) is 0 Å². The molecule has 0 aliphatic carbocycles. The first kappa shape index (κ1) is 22.7. The molecule has 0 spiro atoms. The van der Waals surface area contributed by atoms with Crippen LogP contribution < -0.4 is 9.47 Å². The number of amides is 2. The van der Waals surface area contributed by atoms with Crippen molar-refractivity contribution in [1.82, 2.24) is 4.90 Å². The van der Waals surface area contributed by atoms with Crippen LogP contribution in [0, 0.1) is 0 Å². The van der Waals surface area contributed by atoms with Gasteiger partial charge in [0.05, 0.1) is 16.0 Å². The highest BCUT2D eigenvalue weighted by molar-refractivity contribution is 9.10. The summed E-state index contributed by atoms with van der Waals surface area (Å²) in [6.07, 6.45) is 2.43. The topological polar surface area (TPSA) is 55.8 Å². The van der Waals surface area contributed by atoms with E-state index in [1.807, 2.05) is 44.2 Å². The van der Waals surface area contributed by atoms with Crippen LogP contribution in [0.2, 0.25) is 5.02 Å². The predicted octanol–water partition coefficient (Wildman–Crippen LogP) is 6.53. The maximum atomic E-state index is 12.5. The normalized spacial score (nSPS) is 15.2. The molecular weight excluding hydrogens is 490 g/mol. The number of benzene rings is 2. The monoisotopic (exact) mass is 509 g/mol. The van der Waals surface area contributed by atoms with Gasteiger partial charge in [0.25, 0.3) is 11.1 Å². The zero-order valence-electron chi connectivity index (χ0n) is 16.6. The van der Waals surface area contributed by atoms with Crippen LogP contribution in [-0.2, 0) is 11.4 Å². The fraction of sp³-hybridized carbons (Fsp3) is 0.273. The number of rotatable bonds is 8. The van der Waals surface area contributed by atoms with Gasteiger partial charge in [-0.1, -0.05) is 36.7 Å². The molecule has 0 N–H and O–H groups in total. The van der Waals surface area contributed by atoms with Gasteiger partial charge in [0.15, 0.2) is 11.5 Å². The second kappa shape index (κ2) is 10.4. The largest absolute Gasteiger partial charge is 0.490 e. The van der Waals surface area contributed by atoms with Gasteiger partial charge in [-0.2, -0.15) is 0 Å². The zero-order chi connectivity index (χ0) is 21.7. The number of hydrogen-bond donors (Lipinski definition) is 0. The second-order valence-electron chi connectivity index (χ2n) is 6.48. The Kier molecular flexibility index (Phi) is 7.86. The Morgan fingerprint density at radius 3 is 2.63 bits per heavy atom. The number of carbonyl (C=O) groups is 2. The van der Waals surface area contributed by atoms with Crippen LogP contribution in [0.15, 0.2) is 45.8 Å². The van der Waals surface area contributed by atoms with Crippen molar-refractivity contribution >= 4 is 56.5 Å². The van der Waals surface area contributed by atoms with Crippen LogP contribution in [0.1, 0.15) is 31.4 Å². The molecule has 0 saturated carbocycles. The molecule has 1 saturated heterocycles. The summed E-state index contributed by atoms with van der Waals surface area (Å²) in [5.41, 5.74) is 1.60. The fourth-order valence-electron chi connectivity index (χ4n) is 2.91. The summed E-state index contributed by atoms with van der Waals surface area (Å²) < 4.78 is 12.4. The van der Waals surface area contributed by atoms with Crippen molar-refractivity contribution in [3.8, 4) is 11.5 Å². The minimum Gasteiger partial charge on any atom is -0.490 e. The van der Waals surface area contributed by atoms with Crippen molar-refractivity contribution in [3.05, 3.63) is 61.9 Å². The molecule has 8 heteroatoms. The van der Waals surface area contributed by atoms with Crippen molar-refractivity contribution in [2.24, 2.45) is 0 Å². The molecule has 2 aromatic rings. The number of imide groups is 1. The van der Waals surface area contributed by atoms with E-state index in [2.05, 4.69) is 15.9 Å². The molecule has 3 rings (SSSR count). The molecule has 0 aromatic heterocycles. The van der Waals surface area contributed by atoms with Crippen molar-refractivity contribution < 1.29 is 19.1 Å². The maximum absolute atomic E-state index is 12.5. The lowest BCUT2D eigenvalue weighted by Crippen LogP contribution is -2.28. The lowest BCUT2D eigenvalue weighted by Gasteiger charge is -2.15. The summed E-state index contributed by atoms with van der Waals surface area (Å²) in [6.45, 7) is 4.97. The molecule has 0 bridgehead atoms. The minimum absolute atomic E-state index is 0.239. The van der Waals surface area contributed by atoms with E-state index in [-0.39, 0.29) is 17.8 Å². The minimum atomic E-state index is -0.264. The van der Waals surface area contributed by atoms with E-state index in [4.69, 9.17) is 21.1 Å². The summed E-state index contributed by atoms with van der Waals surface area (Å²) in [5.74, 6) is 0.825. The Morgan fingerprint density at radius 1 is 1.17 bits per heavy atom. The van der Waals surface area contributed by atoms with Crippen LogP contribution in [-0.4, -0.2) is 29.2 Å². The van der Waals surface area contributed by atoms with E-state index in [0.29, 0.717) is 39.1 Å². The van der Waals surface area contributed by atoms with E-state index >= 15 is 0 Å². The van der Waals surface area contributed by atoms with Gasteiger partial charge < -0.3 is 9.47 Å². The Labute approximate surface area is 193 Å². The van der Waals surface area contributed by atoms with Gasteiger partial charge in [-0.3, -0.25) is 14.5 Å². The second-order valence-corrected chi connectivity index (χ2v) is 8.73. The summed E-state index contributed by atoms with van der Waals surface area (Å²) in [4.78, 5) is 26.2. The van der Waals surface area contributed by atoms with E-state index in [1.165, 1.54) is 4.90 Å². The molecule has 2 aromatic carbocycles. The lowest BCUT2D eigenvalue weighted by atomic mass is 10.1. The molecule has 30 heavy (non-hydrogen) atoms. The fourth-order valence-corrected chi connectivity index (χ4v) is 4.54. The first-order chi connectivity index (χ1) is 14.4. The van der Waals surface area contributed by atoms with Gasteiger partial charge >= 0.3 is 0 Å². The first-order valence-electron chi connectivity index (χ1n) is 9.52. The summed E-state index contributed by atoms with van der Waals surface area (Å²) in [5, 5.41) is 0.392. The maximum Gasteiger partial charge on any atom is 0.293 e. The van der Waals surface area contributed by atoms with Gasteiger partial charge in [0.1, 0.15) is 6.61 Å². The molecule has 1 heterocycles. The molecular formula is C22H21BrClNO4S. The molecule has 5 nitrogen and oxygen atoms in total.